The summed E-state index contributed by atoms with van der Waals surface area (Å²) in [6.45, 7) is 1.94. The number of ether oxygens (including phenoxy) is 2. The molecule has 112 valence electrons. The summed E-state index contributed by atoms with van der Waals surface area (Å²) in [7, 11) is 0. The molecule has 1 unspecified atom stereocenters. The predicted octanol–water partition coefficient (Wildman–Crippen LogP) is 2.79. The topological polar surface area (TPSA) is 61.5 Å². The molecule has 0 aromatic heterocycles. The average molecular weight is 295 g/mol. The Balaban J connectivity index is 1.98. The fourth-order valence-corrected chi connectivity index (χ4v) is 2.39. The molecule has 2 aromatic rings. The fourth-order valence-electron chi connectivity index (χ4n) is 2.39. The van der Waals surface area contributed by atoms with Crippen LogP contribution in [-0.2, 0) is 4.79 Å². The number of rotatable bonds is 4. The molecule has 1 aliphatic heterocycles. The first kappa shape index (κ1) is 14.2. The molecule has 1 atom stereocenters. The maximum Gasteiger partial charge on any atom is 0.265 e. The molecule has 1 heterocycles. The van der Waals surface area contributed by atoms with Crippen molar-refractivity contribution in [3.63, 3.8) is 0 Å². The van der Waals surface area contributed by atoms with Crippen LogP contribution in [0.2, 0.25) is 0 Å². The van der Waals surface area contributed by atoms with Crippen LogP contribution in [0.15, 0.2) is 60.2 Å². The van der Waals surface area contributed by atoms with Crippen molar-refractivity contribution in [1.29, 1.82) is 0 Å². The van der Waals surface area contributed by atoms with Crippen molar-refractivity contribution in [3.05, 3.63) is 65.7 Å². The summed E-state index contributed by atoms with van der Waals surface area (Å²) in [5.74, 6) is 0.826. The van der Waals surface area contributed by atoms with E-state index in [-0.39, 0.29) is 6.61 Å². The molecular formula is C18H17NO3. The standard InChI is InChI=1S/C18H17NO3/c1-18(17(19)20,22-15-8-3-2-4-9-15)14-11-13-7-5-6-10-16(13)21-12-14/h2-11H,12H2,1H3,(H2,19,20). The van der Waals surface area contributed by atoms with E-state index in [2.05, 4.69) is 0 Å². The summed E-state index contributed by atoms with van der Waals surface area (Å²) in [6.07, 6.45) is 1.91. The van der Waals surface area contributed by atoms with E-state index in [9.17, 15) is 4.79 Å². The number of benzene rings is 2. The van der Waals surface area contributed by atoms with Crippen LogP contribution in [0.3, 0.4) is 0 Å². The fraction of sp³-hybridized carbons (Fsp3) is 0.167. The first-order chi connectivity index (χ1) is 10.6. The molecule has 22 heavy (non-hydrogen) atoms. The highest BCUT2D eigenvalue weighted by atomic mass is 16.5. The van der Waals surface area contributed by atoms with Crippen LogP contribution < -0.4 is 15.2 Å². The van der Waals surface area contributed by atoms with Gasteiger partial charge in [0.2, 0.25) is 5.60 Å². The number of fused-ring (bicyclic) bond motifs is 1. The van der Waals surface area contributed by atoms with E-state index in [1.54, 1.807) is 19.1 Å². The molecule has 0 radical (unpaired) electrons. The molecule has 2 aromatic carbocycles. The van der Waals surface area contributed by atoms with E-state index in [0.717, 1.165) is 11.3 Å². The second kappa shape index (κ2) is 5.56. The van der Waals surface area contributed by atoms with E-state index in [4.69, 9.17) is 15.2 Å². The molecule has 2 N–H and O–H groups in total. The molecule has 0 fully saturated rings. The second-order valence-corrected chi connectivity index (χ2v) is 5.31. The van der Waals surface area contributed by atoms with Crippen molar-refractivity contribution < 1.29 is 14.3 Å². The second-order valence-electron chi connectivity index (χ2n) is 5.31. The number of para-hydroxylation sites is 2. The summed E-state index contributed by atoms with van der Waals surface area (Å²) < 4.78 is 11.6. The lowest BCUT2D eigenvalue weighted by Gasteiger charge is -2.32. The van der Waals surface area contributed by atoms with Gasteiger partial charge in [0.25, 0.3) is 5.91 Å². The molecule has 4 heteroatoms. The molecule has 3 rings (SSSR count). The third kappa shape index (κ3) is 2.55. The van der Waals surface area contributed by atoms with Gasteiger partial charge in [0.15, 0.2) is 0 Å². The Labute approximate surface area is 129 Å². The van der Waals surface area contributed by atoms with Crippen molar-refractivity contribution in [1.82, 2.24) is 0 Å². The van der Waals surface area contributed by atoms with Gasteiger partial charge in [0.1, 0.15) is 18.1 Å². The number of hydrogen-bond donors (Lipinski definition) is 1. The van der Waals surface area contributed by atoms with E-state index in [1.807, 2.05) is 48.5 Å². The van der Waals surface area contributed by atoms with Gasteiger partial charge >= 0.3 is 0 Å². The zero-order chi connectivity index (χ0) is 15.6. The van der Waals surface area contributed by atoms with Gasteiger partial charge in [0, 0.05) is 11.1 Å². The third-order valence-electron chi connectivity index (χ3n) is 3.78. The number of carbonyl (C=O) groups is 1. The lowest BCUT2D eigenvalue weighted by molar-refractivity contribution is -0.129. The van der Waals surface area contributed by atoms with Crippen LogP contribution in [0.4, 0.5) is 0 Å². The number of primary amides is 1. The van der Waals surface area contributed by atoms with Crippen molar-refractivity contribution in [2.24, 2.45) is 5.73 Å². The maximum atomic E-state index is 12.0. The lowest BCUT2D eigenvalue weighted by Crippen LogP contribution is -2.49. The van der Waals surface area contributed by atoms with Crippen LogP contribution in [-0.4, -0.2) is 18.1 Å². The Bertz CT molecular complexity index is 724. The zero-order valence-electron chi connectivity index (χ0n) is 12.3. The Morgan fingerprint density at radius 3 is 2.55 bits per heavy atom. The third-order valence-corrected chi connectivity index (χ3v) is 3.78. The Kier molecular flexibility index (Phi) is 3.59. The molecule has 0 bridgehead atoms. The number of nitrogens with two attached hydrogens (primary N) is 1. The van der Waals surface area contributed by atoms with Gasteiger partial charge in [-0.15, -0.1) is 0 Å². The normalized spacial score (nSPS) is 15.8. The Hall–Kier alpha value is -2.75. The Morgan fingerprint density at radius 2 is 1.82 bits per heavy atom. The van der Waals surface area contributed by atoms with Gasteiger partial charge < -0.3 is 15.2 Å². The van der Waals surface area contributed by atoms with E-state index in [1.165, 1.54) is 0 Å². The van der Waals surface area contributed by atoms with Crippen molar-refractivity contribution in [3.8, 4) is 11.5 Å². The molecule has 1 aliphatic rings. The molecular weight excluding hydrogens is 278 g/mol. The number of carbonyl (C=O) groups excluding carboxylic acids is 1. The summed E-state index contributed by atoms with van der Waals surface area (Å²) in [6, 6.07) is 16.8. The quantitative estimate of drug-likeness (QED) is 0.943. The van der Waals surface area contributed by atoms with Crippen LogP contribution >= 0.6 is 0 Å². The summed E-state index contributed by atoms with van der Waals surface area (Å²) in [5.41, 5.74) is 5.96. The van der Waals surface area contributed by atoms with Gasteiger partial charge in [-0.1, -0.05) is 36.4 Å². The highest BCUT2D eigenvalue weighted by Gasteiger charge is 2.39. The lowest BCUT2D eigenvalue weighted by atomic mass is 9.91. The van der Waals surface area contributed by atoms with E-state index in [0.29, 0.717) is 11.3 Å². The monoisotopic (exact) mass is 295 g/mol. The van der Waals surface area contributed by atoms with E-state index < -0.39 is 11.5 Å². The van der Waals surface area contributed by atoms with Gasteiger partial charge in [-0.05, 0) is 31.2 Å². The molecule has 1 amide bonds. The summed E-state index contributed by atoms with van der Waals surface area (Å²) in [4.78, 5) is 12.0. The first-order valence-electron chi connectivity index (χ1n) is 7.06. The van der Waals surface area contributed by atoms with Crippen LogP contribution in [0.5, 0.6) is 11.5 Å². The van der Waals surface area contributed by atoms with Gasteiger partial charge in [-0.25, -0.2) is 0 Å². The highest BCUT2D eigenvalue weighted by Crippen LogP contribution is 2.33. The average Bonchev–Trinajstić information content (AvgIpc) is 2.55. The Morgan fingerprint density at radius 1 is 1.14 bits per heavy atom. The minimum Gasteiger partial charge on any atom is -0.488 e. The minimum absolute atomic E-state index is 0.267. The van der Waals surface area contributed by atoms with Crippen molar-refractivity contribution >= 4 is 12.0 Å². The molecule has 4 nitrogen and oxygen atoms in total. The highest BCUT2D eigenvalue weighted by molar-refractivity contribution is 5.89. The molecule has 0 saturated carbocycles. The summed E-state index contributed by atoms with van der Waals surface area (Å²) in [5, 5.41) is 0. The minimum atomic E-state index is -1.26. The van der Waals surface area contributed by atoms with Crippen molar-refractivity contribution in [2.75, 3.05) is 6.61 Å². The van der Waals surface area contributed by atoms with Gasteiger partial charge in [-0.2, -0.15) is 0 Å². The SMILES string of the molecule is CC(Oc1ccccc1)(C(N)=O)C1=Cc2ccccc2OC1. The molecule has 0 spiro atoms. The van der Waals surface area contributed by atoms with Crippen LogP contribution in [0, 0.1) is 0 Å². The number of amides is 1. The van der Waals surface area contributed by atoms with Crippen LogP contribution in [0.1, 0.15) is 12.5 Å². The largest absolute Gasteiger partial charge is 0.488 e. The van der Waals surface area contributed by atoms with Gasteiger partial charge in [0.05, 0.1) is 0 Å². The first-order valence-corrected chi connectivity index (χ1v) is 7.06. The van der Waals surface area contributed by atoms with Crippen molar-refractivity contribution in [2.45, 2.75) is 12.5 Å². The van der Waals surface area contributed by atoms with Gasteiger partial charge in [-0.3, -0.25) is 4.79 Å². The number of hydrogen-bond acceptors (Lipinski definition) is 3. The summed E-state index contributed by atoms with van der Waals surface area (Å²) >= 11 is 0. The smallest absolute Gasteiger partial charge is 0.265 e. The predicted molar refractivity (Wildman–Crippen MR) is 84.6 cm³/mol. The zero-order valence-corrected chi connectivity index (χ0v) is 12.3. The molecule has 0 aliphatic carbocycles. The van der Waals surface area contributed by atoms with E-state index >= 15 is 0 Å². The molecule has 0 saturated heterocycles. The maximum absolute atomic E-state index is 12.0. The van der Waals surface area contributed by atoms with Crippen LogP contribution in [0.25, 0.3) is 6.08 Å².